The second-order valence-corrected chi connectivity index (χ2v) is 8.32. The van der Waals surface area contributed by atoms with E-state index in [2.05, 4.69) is 52.0 Å². The Bertz CT molecular complexity index is 1040. The molecule has 0 heterocycles. The first-order chi connectivity index (χ1) is 16.6. The molecule has 0 saturated carbocycles. The van der Waals surface area contributed by atoms with E-state index in [0.29, 0.717) is 0 Å². The van der Waals surface area contributed by atoms with Crippen molar-refractivity contribution in [2.45, 2.75) is 52.9 Å². The molecule has 37 heavy (non-hydrogen) atoms. The molecule has 0 radical (unpaired) electrons. The molecule has 0 fully saturated rings. The second-order valence-electron chi connectivity index (χ2n) is 8.32. The van der Waals surface area contributed by atoms with E-state index in [-0.39, 0.29) is 26.2 Å². The molecule has 0 amide bonds. The zero-order valence-electron chi connectivity index (χ0n) is 21.0. The van der Waals surface area contributed by atoms with Crippen LogP contribution in [0.3, 0.4) is 0 Å². The van der Waals surface area contributed by atoms with E-state index in [0.717, 1.165) is 24.3 Å². The van der Waals surface area contributed by atoms with Crippen LogP contribution in [0.4, 0.5) is 26.3 Å². The molecule has 0 atom stereocenters. The number of alkyl halides is 6. The summed E-state index contributed by atoms with van der Waals surface area (Å²) in [6.45, 7) is 8.59. The van der Waals surface area contributed by atoms with Crippen LogP contribution in [0, 0.1) is 0 Å². The van der Waals surface area contributed by atoms with Crippen LogP contribution in [0.5, 0.6) is 11.5 Å². The summed E-state index contributed by atoms with van der Waals surface area (Å²) in [5.74, 6) is -1.47. The van der Waals surface area contributed by atoms with Gasteiger partial charge in [0.25, 0.3) is 0 Å². The first kappa shape index (κ1) is 34.5. The van der Waals surface area contributed by atoms with E-state index in [1.54, 1.807) is 0 Å². The van der Waals surface area contributed by atoms with Crippen LogP contribution < -0.4 is 0 Å². The van der Waals surface area contributed by atoms with Gasteiger partial charge in [-0.1, -0.05) is 70.9 Å². The SMILES string of the molecule is CC1=CCC(C)=C1.CC1=CCC(C)=C1.Oc1ccccc1C(F)(F)F.Oc1ccccc1C(F)(F)F.[Zr]. The first-order valence-corrected chi connectivity index (χ1v) is 11.0. The van der Waals surface area contributed by atoms with E-state index in [1.165, 1.54) is 59.4 Å². The number of benzene rings is 2. The van der Waals surface area contributed by atoms with E-state index < -0.39 is 35.0 Å². The summed E-state index contributed by atoms with van der Waals surface area (Å²) in [5.41, 5.74) is 3.80. The first-order valence-electron chi connectivity index (χ1n) is 11.0. The van der Waals surface area contributed by atoms with Gasteiger partial charge in [-0.2, -0.15) is 26.3 Å². The summed E-state index contributed by atoms with van der Waals surface area (Å²) < 4.78 is 71.3. The van der Waals surface area contributed by atoms with Crippen LogP contribution in [-0.2, 0) is 38.6 Å². The van der Waals surface area contributed by atoms with Crippen molar-refractivity contribution >= 4 is 0 Å². The van der Waals surface area contributed by atoms with Crippen LogP contribution in [-0.4, -0.2) is 10.2 Å². The van der Waals surface area contributed by atoms with Gasteiger partial charge in [0.1, 0.15) is 11.5 Å². The van der Waals surface area contributed by atoms with Gasteiger partial charge >= 0.3 is 12.4 Å². The topological polar surface area (TPSA) is 40.5 Å². The maximum absolute atomic E-state index is 11.9. The Kier molecular flexibility index (Phi) is 14.6. The molecule has 2 aliphatic carbocycles. The minimum absolute atomic E-state index is 0. The maximum atomic E-state index is 11.9. The predicted octanol–water partition coefficient (Wildman–Crippen LogP) is 9.38. The van der Waals surface area contributed by atoms with Crippen molar-refractivity contribution in [3.63, 3.8) is 0 Å². The van der Waals surface area contributed by atoms with Crippen LogP contribution in [0.25, 0.3) is 0 Å². The third-order valence-corrected chi connectivity index (χ3v) is 4.86. The minimum atomic E-state index is -4.47. The fourth-order valence-electron chi connectivity index (χ4n) is 3.08. The molecule has 4 rings (SSSR count). The molecule has 2 N–H and O–H groups in total. The van der Waals surface area contributed by atoms with Crippen molar-refractivity contribution in [2.24, 2.45) is 0 Å². The third kappa shape index (κ3) is 13.5. The van der Waals surface area contributed by atoms with Crippen LogP contribution in [0.2, 0.25) is 0 Å². The number of phenolic OH excluding ortho intramolecular Hbond substituents is 2. The Balaban J connectivity index is 0.000000473. The maximum Gasteiger partial charge on any atom is 0.419 e. The van der Waals surface area contributed by atoms with Gasteiger partial charge in [-0.05, 0) is 64.8 Å². The van der Waals surface area contributed by atoms with Gasteiger partial charge in [0.05, 0.1) is 11.1 Å². The summed E-state index contributed by atoms with van der Waals surface area (Å²) >= 11 is 0. The molecule has 0 aliphatic heterocycles. The molecule has 200 valence electrons. The van der Waals surface area contributed by atoms with E-state index >= 15 is 0 Å². The van der Waals surface area contributed by atoms with Gasteiger partial charge < -0.3 is 10.2 Å². The van der Waals surface area contributed by atoms with Gasteiger partial charge in [-0.25, -0.2) is 0 Å². The van der Waals surface area contributed by atoms with Crippen molar-refractivity contribution in [3.05, 3.63) is 106 Å². The van der Waals surface area contributed by atoms with Crippen molar-refractivity contribution in [2.75, 3.05) is 0 Å². The zero-order chi connectivity index (χ0) is 27.5. The summed E-state index contributed by atoms with van der Waals surface area (Å²) in [5, 5.41) is 17.5. The van der Waals surface area contributed by atoms with E-state index in [4.69, 9.17) is 10.2 Å². The molecule has 0 aromatic heterocycles. The van der Waals surface area contributed by atoms with Gasteiger partial charge in [-0.3, -0.25) is 0 Å². The molecule has 2 nitrogen and oxygen atoms in total. The predicted molar refractivity (Wildman–Crippen MR) is 130 cm³/mol. The van der Waals surface area contributed by atoms with Crippen LogP contribution in [0.1, 0.15) is 51.7 Å². The standard InChI is InChI=1S/2C7H5F3O.2C7H10.Zr/c2*8-7(9,10)5-3-1-2-4-6(5)11;2*1-6-3-4-7(2)5-6;/h2*1-4,11H;2*3,5H,4H2,1-2H3;. The van der Waals surface area contributed by atoms with Crippen LogP contribution >= 0.6 is 0 Å². The molecule has 2 aromatic rings. The van der Waals surface area contributed by atoms with Crippen LogP contribution in [0.15, 0.2) is 95.1 Å². The Morgan fingerprint density at radius 3 is 1.00 bits per heavy atom. The molecule has 2 aliphatic rings. The Morgan fingerprint density at radius 1 is 0.568 bits per heavy atom. The second kappa shape index (κ2) is 15.7. The molecule has 9 heteroatoms. The number of hydrogen-bond donors (Lipinski definition) is 2. The number of aromatic hydroxyl groups is 2. The van der Waals surface area contributed by atoms with Crippen molar-refractivity contribution in [1.29, 1.82) is 0 Å². The Labute approximate surface area is 232 Å². The molecular weight excluding hydrogens is 574 g/mol. The average Bonchev–Trinajstić information content (AvgIpc) is 3.34. The summed E-state index contributed by atoms with van der Waals surface area (Å²) in [4.78, 5) is 0. The minimum Gasteiger partial charge on any atom is -0.507 e. The third-order valence-electron chi connectivity index (χ3n) is 4.86. The number of halogens is 6. The van der Waals surface area contributed by atoms with E-state index in [9.17, 15) is 26.3 Å². The van der Waals surface area contributed by atoms with E-state index in [1.807, 2.05) is 0 Å². The summed E-state index contributed by atoms with van der Waals surface area (Å²) in [6.07, 6.45) is 2.35. The number of para-hydroxylation sites is 2. The summed E-state index contributed by atoms with van der Waals surface area (Å²) in [6, 6.07) is 8.79. The van der Waals surface area contributed by atoms with Gasteiger partial charge in [0.2, 0.25) is 0 Å². The van der Waals surface area contributed by atoms with Crippen molar-refractivity contribution in [3.8, 4) is 11.5 Å². The Morgan fingerprint density at radius 2 is 0.865 bits per heavy atom. The quantitative estimate of drug-likeness (QED) is 0.295. The zero-order valence-corrected chi connectivity index (χ0v) is 23.5. The van der Waals surface area contributed by atoms with Crippen molar-refractivity contribution in [1.82, 2.24) is 0 Å². The fraction of sp³-hybridized carbons (Fsp3) is 0.286. The average molecular weight is 604 g/mol. The van der Waals surface area contributed by atoms with Gasteiger partial charge in [0, 0.05) is 26.2 Å². The fourth-order valence-corrected chi connectivity index (χ4v) is 3.08. The number of phenols is 2. The number of allylic oxidation sites excluding steroid dienone is 8. The van der Waals surface area contributed by atoms with Gasteiger partial charge in [-0.15, -0.1) is 0 Å². The molecule has 0 saturated heterocycles. The monoisotopic (exact) mass is 602 g/mol. The van der Waals surface area contributed by atoms with Crippen molar-refractivity contribution < 1.29 is 62.8 Å². The normalized spacial score (nSPS) is 14.1. The smallest absolute Gasteiger partial charge is 0.419 e. The summed E-state index contributed by atoms with van der Waals surface area (Å²) in [7, 11) is 0. The number of hydrogen-bond acceptors (Lipinski definition) is 2. The number of rotatable bonds is 0. The van der Waals surface area contributed by atoms with Gasteiger partial charge in [0.15, 0.2) is 0 Å². The largest absolute Gasteiger partial charge is 0.507 e. The molecule has 2 aromatic carbocycles. The molecule has 0 unspecified atom stereocenters. The molecule has 0 spiro atoms. The molecule has 0 bridgehead atoms. The molecular formula is C28H30F6O2Zr. The Hall–Kier alpha value is -2.54.